The molecule has 4 rings (SSSR count). The van der Waals surface area contributed by atoms with Crippen molar-refractivity contribution in [2.45, 2.75) is 52.0 Å². The predicted molar refractivity (Wildman–Crippen MR) is 105 cm³/mol. The van der Waals surface area contributed by atoms with Gasteiger partial charge in [-0.3, -0.25) is 4.68 Å². The maximum Gasteiger partial charge on any atom is 0.0688 e. The van der Waals surface area contributed by atoms with Gasteiger partial charge in [-0.2, -0.15) is 5.10 Å². The quantitative estimate of drug-likeness (QED) is 0.548. The highest BCUT2D eigenvalue weighted by molar-refractivity contribution is 5.69. The molecular weight excluding hydrogens is 304 g/mol. The minimum Gasteiger partial charge on any atom is -0.262 e. The Morgan fingerprint density at radius 3 is 2.24 bits per heavy atom. The van der Waals surface area contributed by atoms with E-state index in [1.165, 1.54) is 60.1 Å². The van der Waals surface area contributed by atoms with Gasteiger partial charge >= 0.3 is 0 Å². The SMILES string of the molecule is Cc1cccc(-c2ccc(-c3cc(C)nn3C3CCCCC3)cc2)c1. The van der Waals surface area contributed by atoms with Crippen LogP contribution in [0.25, 0.3) is 22.4 Å². The van der Waals surface area contributed by atoms with Crippen molar-refractivity contribution in [3.8, 4) is 22.4 Å². The Morgan fingerprint density at radius 2 is 1.52 bits per heavy atom. The van der Waals surface area contributed by atoms with Crippen molar-refractivity contribution in [2.75, 3.05) is 0 Å². The molecule has 1 fully saturated rings. The first-order valence-electron chi connectivity index (χ1n) is 9.44. The number of rotatable bonds is 3. The summed E-state index contributed by atoms with van der Waals surface area (Å²) in [7, 11) is 0. The summed E-state index contributed by atoms with van der Waals surface area (Å²) in [5, 5.41) is 4.82. The molecule has 2 nitrogen and oxygen atoms in total. The molecule has 3 aromatic rings. The maximum absolute atomic E-state index is 4.82. The molecule has 1 aromatic heterocycles. The molecule has 0 unspecified atom stereocenters. The third-order valence-electron chi connectivity index (χ3n) is 5.31. The van der Waals surface area contributed by atoms with Gasteiger partial charge in [-0.25, -0.2) is 0 Å². The number of nitrogens with zero attached hydrogens (tertiary/aromatic N) is 2. The standard InChI is InChI=1S/C23H26N2/c1-17-7-6-8-21(15-17)19-11-13-20(14-12-19)23-16-18(2)24-25(23)22-9-4-3-5-10-22/h6-8,11-16,22H,3-5,9-10H2,1-2H3. The van der Waals surface area contributed by atoms with Crippen LogP contribution in [0.2, 0.25) is 0 Å². The van der Waals surface area contributed by atoms with Crippen LogP contribution in [0.5, 0.6) is 0 Å². The van der Waals surface area contributed by atoms with Crippen LogP contribution in [-0.2, 0) is 0 Å². The molecule has 0 spiro atoms. The van der Waals surface area contributed by atoms with Crippen LogP contribution < -0.4 is 0 Å². The summed E-state index contributed by atoms with van der Waals surface area (Å²) in [5.74, 6) is 0. The molecule has 1 heterocycles. The first-order chi connectivity index (χ1) is 12.2. The molecule has 25 heavy (non-hydrogen) atoms. The number of aryl methyl sites for hydroxylation is 2. The normalized spacial score (nSPS) is 15.4. The minimum absolute atomic E-state index is 0.564. The van der Waals surface area contributed by atoms with E-state index in [-0.39, 0.29) is 0 Å². The average molecular weight is 330 g/mol. The van der Waals surface area contributed by atoms with Crippen LogP contribution >= 0.6 is 0 Å². The summed E-state index contributed by atoms with van der Waals surface area (Å²) in [5.41, 5.74) is 7.50. The number of hydrogen-bond acceptors (Lipinski definition) is 1. The lowest BCUT2D eigenvalue weighted by atomic mass is 9.95. The van der Waals surface area contributed by atoms with Crippen molar-refractivity contribution in [3.05, 3.63) is 65.9 Å². The molecule has 1 aliphatic rings. The van der Waals surface area contributed by atoms with Crippen LogP contribution in [0.4, 0.5) is 0 Å². The van der Waals surface area contributed by atoms with Crippen molar-refractivity contribution >= 4 is 0 Å². The van der Waals surface area contributed by atoms with E-state index in [0.29, 0.717) is 6.04 Å². The molecule has 2 heteroatoms. The van der Waals surface area contributed by atoms with E-state index in [0.717, 1.165) is 5.69 Å². The van der Waals surface area contributed by atoms with Gasteiger partial charge in [0.05, 0.1) is 17.4 Å². The molecular formula is C23H26N2. The number of benzene rings is 2. The van der Waals surface area contributed by atoms with Crippen molar-refractivity contribution < 1.29 is 0 Å². The summed E-state index contributed by atoms with van der Waals surface area (Å²) >= 11 is 0. The highest BCUT2D eigenvalue weighted by Gasteiger charge is 2.20. The van der Waals surface area contributed by atoms with Gasteiger partial charge in [0, 0.05) is 0 Å². The Hall–Kier alpha value is -2.35. The Labute approximate surface area is 150 Å². The Balaban J connectivity index is 1.66. The van der Waals surface area contributed by atoms with Crippen LogP contribution in [-0.4, -0.2) is 9.78 Å². The summed E-state index contributed by atoms with van der Waals surface area (Å²) in [6.45, 7) is 4.24. The maximum atomic E-state index is 4.82. The largest absolute Gasteiger partial charge is 0.262 e. The third-order valence-corrected chi connectivity index (χ3v) is 5.31. The lowest BCUT2D eigenvalue weighted by Crippen LogP contribution is -2.15. The molecule has 1 saturated carbocycles. The summed E-state index contributed by atoms with van der Waals surface area (Å²) in [4.78, 5) is 0. The van der Waals surface area contributed by atoms with Crippen molar-refractivity contribution in [3.63, 3.8) is 0 Å². The van der Waals surface area contributed by atoms with Crippen molar-refractivity contribution in [1.82, 2.24) is 9.78 Å². The van der Waals surface area contributed by atoms with E-state index in [9.17, 15) is 0 Å². The van der Waals surface area contributed by atoms with Crippen LogP contribution in [0.15, 0.2) is 54.6 Å². The fourth-order valence-corrected chi connectivity index (χ4v) is 3.99. The Bertz CT molecular complexity index is 852. The molecule has 1 aliphatic carbocycles. The van der Waals surface area contributed by atoms with Gasteiger partial charge < -0.3 is 0 Å². The highest BCUT2D eigenvalue weighted by Crippen LogP contribution is 2.33. The zero-order chi connectivity index (χ0) is 17.2. The summed E-state index contributed by atoms with van der Waals surface area (Å²) in [6, 6.07) is 20.4. The van der Waals surface area contributed by atoms with E-state index in [2.05, 4.69) is 73.1 Å². The second kappa shape index (κ2) is 6.87. The van der Waals surface area contributed by atoms with E-state index in [1.807, 2.05) is 0 Å². The van der Waals surface area contributed by atoms with Crippen molar-refractivity contribution in [2.24, 2.45) is 0 Å². The van der Waals surface area contributed by atoms with Gasteiger partial charge in [0.2, 0.25) is 0 Å². The smallest absolute Gasteiger partial charge is 0.0688 e. The first-order valence-corrected chi connectivity index (χ1v) is 9.44. The Morgan fingerprint density at radius 1 is 0.800 bits per heavy atom. The Kier molecular flexibility index (Phi) is 4.44. The number of hydrogen-bond donors (Lipinski definition) is 0. The lowest BCUT2D eigenvalue weighted by Gasteiger charge is -2.24. The second-order valence-corrected chi connectivity index (χ2v) is 7.35. The van der Waals surface area contributed by atoms with E-state index < -0.39 is 0 Å². The topological polar surface area (TPSA) is 17.8 Å². The van der Waals surface area contributed by atoms with Gasteiger partial charge in [0.25, 0.3) is 0 Å². The molecule has 0 amide bonds. The highest BCUT2D eigenvalue weighted by atomic mass is 15.3. The first kappa shape index (κ1) is 16.1. The van der Waals surface area contributed by atoms with Gasteiger partial charge in [0.1, 0.15) is 0 Å². The molecule has 2 aromatic carbocycles. The zero-order valence-corrected chi connectivity index (χ0v) is 15.2. The molecule has 0 saturated heterocycles. The predicted octanol–water partition coefficient (Wildman–Crippen LogP) is 6.34. The molecule has 0 radical (unpaired) electrons. The minimum atomic E-state index is 0.564. The van der Waals surface area contributed by atoms with E-state index in [4.69, 9.17) is 5.10 Å². The molecule has 0 aliphatic heterocycles. The molecule has 0 N–H and O–H groups in total. The fourth-order valence-electron chi connectivity index (χ4n) is 3.99. The monoisotopic (exact) mass is 330 g/mol. The third kappa shape index (κ3) is 3.39. The second-order valence-electron chi connectivity index (χ2n) is 7.35. The summed E-state index contributed by atoms with van der Waals surface area (Å²) in [6.07, 6.45) is 6.55. The molecule has 0 atom stereocenters. The van der Waals surface area contributed by atoms with Gasteiger partial charge in [-0.05, 0) is 49.4 Å². The molecule has 128 valence electrons. The van der Waals surface area contributed by atoms with Crippen LogP contribution in [0.3, 0.4) is 0 Å². The van der Waals surface area contributed by atoms with Gasteiger partial charge in [0.15, 0.2) is 0 Å². The van der Waals surface area contributed by atoms with E-state index in [1.54, 1.807) is 0 Å². The summed E-state index contributed by atoms with van der Waals surface area (Å²) < 4.78 is 2.29. The average Bonchev–Trinajstić information content (AvgIpc) is 3.04. The zero-order valence-electron chi connectivity index (χ0n) is 15.2. The van der Waals surface area contributed by atoms with E-state index >= 15 is 0 Å². The van der Waals surface area contributed by atoms with Gasteiger partial charge in [-0.1, -0.05) is 73.4 Å². The fraction of sp³-hybridized carbons (Fsp3) is 0.348. The lowest BCUT2D eigenvalue weighted by molar-refractivity contribution is 0.331. The molecule has 0 bridgehead atoms. The van der Waals surface area contributed by atoms with Gasteiger partial charge in [-0.15, -0.1) is 0 Å². The van der Waals surface area contributed by atoms with Crippen LogP contribution in [0.1, 0.15) is 49.4 Å². The van der Waals surface area contributed by atoms with Crippen molar-refractivity contribution in [1.29, 1.82) is 0 Å². The number of aromatic nitrogens is 2. The van der Waals surface area contributed by atoms with Crippen LogP contribution in [0, 0.1) is 13.8 Å².